The van der Waals surface area contributed by atoms with Crippen molar-refractivity contribution in [1.82, 2.24) is 4.90 Å². The first-order valence-electron chi connectivity index (χ1n) is 14.5. The van der Waals surface area contributed by atoms with Gasteiger partial charge in [0.1, 0.15) is 24.5 Å². The lowest BCUT2D eigenvalue weighted by Gasteiger charge is -2.31. The lowest BCUT2D eigenvalue weighted by atomic mass is 10.0. The van der Waals surface area contributed by atoms with Crippen LogP contribution in [0, 0.1) is 5.92 Å². The van der Waals surface area contributed by atoms with Crippen molar-refractivity contribution in [3.63, 3.8) is 0 Å². The number of carbonyl (C=O) groups is 2. The molecular formula is C32H39F3N2O6. The fourth-order valence-corrected chi connectivity index (χ4v) is 4.87. The molecule has 2 aliphatic rings. The molecule has 4 rings (SSSR count). The van der Waals surface area contributed by atoms with Crippen LogP contribution in [0.25, 0.3) is 0 Å². The number of ether oxygens (including phenoxy) is 3. The first-order chi connectivity index (χ1) is 20.2. The summed E-state index contributed by atoms with van der Waals surface area (Å²) < 4.78 is 57.0. The predicted octanol–water partition coefficient (Wildman–Crippen LogP) is 7.22. The highest BCUT2D eigenvalue weighted by atomic mass is 19.4. The highest BCUT2D eigenvalue weighted by Crippen LogP contribution is 2.39. The van der Waals surface area contributed by atoms with Gasteiger partial charge in [0.05, 0.1) is 30.5 Å². The van der Waals surface area contributed by atoms with Crippen LogP contribution in [0.3, 0.4) is 0 Å². The number of carbonyl (C=O) groups excluding carboxylic acids is 2. The maximum Gasteiger partial charge on any atom is 0.419 e. The number of fused-ring (bicyclic) bond motifs is 1. The molecule has 8 nitrogen and oxygen atoms in total. The van der Waals surface area contributed by atoms with Gasteiger partial charge < -0.3 is 19.0 Å². The molecule has 0 saturated heterocycles. The number of rotatable bonds is 11. The number of alkyl halides is 3. The second kappa shape index (κ2) is 13.3. The molecule has 1 saturated carbocycles. The largest absolute Gasteiger partial charge is 0.493 e. The summed E-state index contributed by atoms with van der Waals surface area (Å²) >= 11 is 0. The zero-order valence-corrected chi connectivity index (χ0v) is 25.3. The molecular weight excluding hydrogens is 565 g/mol. The predicted molar refractivity (Wildman–Crippen MR) is 154 cm³/mol. The summed E-state index contributed by atoms with van der Waals surface area (Å²) in [6, 6.07) is 9.23. The van der Waals surface area contributed by atoms with E-state index in [9.17, 15) is 22.8 Å². The van der Waals surface area contributed by atoms with Crippen molar-refractivity contribution in [1.29, 1.82) is 0 Å². The molecule has 0 bridgehead atoms. The first kappa shape index (κ1) is 32.2. The monoisotopic (exact) mass is 604 g/mol. The molecule has 0 aliphatic heterocycles. The zero-order chi connectivity index (χ0) is 31.4. The Kier molecular flexibility index (Phi) is 9.92. The van der Waals surface area contributed by atoms with E-state index in [0.717, 1.165) is 35.6 Å². The third-order valence-corrected chi connectivity index (χ3v) is 7.17. The summed E-state index contributed by atoms with van der Waals surface area (Å²) in [6.45, 7) is 8.87. The first-order valence-corrected chi connectivity index (χ1v) is 14.5. The van der Waals surface area contributed by atoms with E-state index < -0.39 is 29.4 Å². The van der Waals surface area contributed by atoms with E-state index in [1.165, 1.54) is 11.0 Å². The standard InChI is InChI=1S/C32H39F3N2O6/c1-6-40-29(38)17-37(30(39)43-31(3,4)5)27-13-11-24-16-23(10-12-25(24)27)20(2)36-42-19-22-9-14-28(41-18-21-7-8-21)26(15-22)32(33,34)35/h9-10,12,14-16,21,27H,6-8,11,13,17-19H2,1-5H3/b36-20+. The van der Waals surface area contributed by atoms with Gasteiger partial charge in [-0.15, -0.1) is 0 Å². The van der Waals surface area contributed by atoms with Gasteiger partial charge in [-0.2, -0.15) is 13.2 Å². The number of benzene rings is 2. The van der Waals surface area contributed by atoms with Crippen molar-refractivity contribution in [3.05, 3.63) is 64.2 Å². The molecule has 2 aliphatic carbocycles. The Morgan fingerprint density at radius 2 is 1.79 bits per heavy atom. The van der Waals surface area contributed by atoms with Crippen LogP contribution in [0.5, 0.6) is 5.75 Å². The van der Waals surface area contributed by atoms with Gasteiger partial charge in [-0.25, -0.2) is 4.79 Å². The Morgan fingerprint density at radius 3 is 2.44 bits per heavy atom. The zero-order valence-electron chi connectivity index (χ0n) is 25.3. The maximum absolute atomic E-state index is 13.6. The molecule has 234 valence electrons. The molecule has 0 radical (unpaired) electrons. The number of halogens is 3. The second-order valence-electron chi connectivity index (χ2n) is 11.9. The van der Waals surface area contributed by atoms with E-state index in [4.69, 9.17) is 19.0 Å². The molecule has 0 spiro atoms. The van der Waals surface area contributed by atoms with Crippen LogP contribution in [0.15, 0.2) is 41.6 Å². The minimum atomic E-state index is -4.55. The molecule has 0 heterocycles. The van der Waals surface area contributed by atoms with Gasteiger partial charge >= 0.3 is 18.2 Å². The van der Waals surface area contributed by atoms with Crippen molar-refractivity contribution in [3.8, 4) is 5.75 Å². The lowest BCUT2D eigenvalue weighted by Crippen LogP contribution is -2.42. The van der Waals surface area contributed by atoms with Crippen LogP contribution >= 0.6 is 0 Å². The van der Waals surface area contributed by atoms with E-state index in [2.05, 4.69) is 5.16 Å². The summed E-state index contributed by atoms with van der Waals surface area (Å²) in [6.07, 6.45) is -1.91. The van der Waals surface area contributed by atoms with E-state index in [0.29, 0.717) is 30.0 Å². The molecule has 1 atom stereocenters. The minimum Gasteiger partial charge on any atom is -0.493 e. The smallest absolute Gasteiger partial charge is 0.419 e. The summed E-state index contributed by atoms with van der Waals surface area (Å²) in [5.41, 5.74) is 1.97. The molecule has 2 aromatic rings. The Hall–Kier alpha value is -3.76. The van der Waals surface area contributed by atoms with Gasteiger partial charge in [0.2, 0.25) is 0 Å². The highest BCUT2D eigenvalue weighted by molar-refractivity contribution is 5.98. The second-order valence-corrected chi connectivity index (χ2v) is 11.9. The Balaban J connectivity index is 1.44. The van der Waals surface area contributed by atoms with E-state index in [1.807, 2.05) is 18.2 Å². The molecule has 1 unspecified atom stereocenters. The molecule has 11 heteroatoms. The summed E-state index contributed by atoms with van der Waals surface area (Å²) in [7, 11) is 0. The van der Waals surface area contributed by atoms with E-state index in [-0.39, 0.29) is 38.2 Å². The highest BCUT2D eigenvalue weighted by Gasteiger charge is 2.36. The Morgan fingerprint density at radius 1 is 1.05 bits per heavy atom. The number of nitrogens with zero attached hydrogens (tertiary/aromatic N) is 2. The van der Waals surface area contributed by atoms with Crippen LogP contribution in [-0.2, 0) is 38.3 Å². The summed E-state index contributed by atoms with van der Waals surface area (Å²) in [5, 5.41) is 4.14. The molecule has 1 amide bonds. The third-order valence-electron chi connectivity index (χ3n) is 7.17. The van der Waals surface area contributed by atoms with Gasteiger partial charge in [0.15, 0.2) is 0 Å². The third kappa shape index (κ3) is 8.87. The Labute approximate surface area is 250 Å². The van der Waals surface area contributed by atoms with Gasteiger partial charge in [-0.3, -0.25) is 9.69 Å². The normalized spacial score (nSPS) is 16.8. The quantitative estimate of drug-likeness (QED) is 0.153. The topological polar surface area (TPSA) is 86.7 Å². The van der Waals surface area contributed by atoms with Gasteiger partial charge in [0, 0.05) is 0 Å². The number of hydrogen-bond acceptors (Lipinski definition) is 7. The van der Waals surface area contributed by atoms with Crippen LogP contribution in [0.4, 0.5) is 18.0 Å². The van der Waals surface area contributed by atoms with E-state index >= 15 is 0 Å². The molecule has 43 heavy (non-hydrogen) atoms. The van der Waals surface area contributed by atoms with Crippen molar-refractivity contribution in [2.24, 2.45) is 11.1 Å². The number of hydrogen-bond donors (Lipinski definition) is 0. The average molecular weight is 605 g/mol. The Bertz CT molecular complexity index is 1350. The van der Waals surface area contributed by atoms with Gasteiger partial charge in [-0.05, 0) is 107 Å². The maximum atomic E-state index is 13.6. The summed E-state index contributed by atoms with van der Waals surface area (Å²) in [5.74, 6) is -0.354. The number of aryl methyl sites for hydroxylation is 1. The lowest BCUT2D eigenvalue weighted by molar-refractivity contribution is -0.145. The van der Waals surface area contributed by atoms with Crippen molar-refractivity contribution >= 4 is 17.8 Å². The minimum absolute atomic E-state index is 0.144. The number of oxime groups is 1. The van der Waals surface area contributed by atoms with Crippen LogP contribution in [-0.4, -0.2) is 48.0 Å². The van der Waals surface area contributed by atoms with Crippen LogP contribution in [0.1, 0.15) is 87.7 Å². The number of amides is 1. The van der Waals surface area contributed by atoms with Crippen LogP contribution < -0.4 is 4.74 Å². The van der Waals surface area contributed by atoms with Gasteiger partial charge in [-0.1, -0.05) is 23.4 Å². The molecule has 1 fully saturated rings. The fraction of sp³-hybridized carbons (Fsp3) is 0.531. The molecule has 2 aromatic carbocycles. The van der Waals surface area contributed by atoms with Crippen molar-refractivity contribution in [2.45, 2.75) is 84.7 Å². The fourth-order valence-electron chi connectivity index (χ4n) is 4.87. The average Bonchev–Trinajstić information content (AvgIpc) is 3.66. The molecule has 0 N–H and O–H groups in total. The number of esters is 1. The van der Waals surface area contributed by atoms with Crippen molar-refractivity contribution in [2.75, 3.05) is 19.8 Å². The van der Waals surface area contributed by atoms with Crippen LogP contribution in [0.2, 0.25) is 0 Å². The molecule has 0 aromatic heterocycles. The van der Waals surface area contributed by atoms with E-state index in [1.54, 1.807) is 40.7 Å². The van der Waals surface area contributed by atoms with Gasteiger partial charge in [0.25, 0.3) is 0 Å². The summed E-state index contributed by atoms with van der Waals surface area (Å²) in [4.78, 5) is 32.2. The van der Waals surface area contributed by atoms with Crippen molar-refractivity contribution < 1.29 is 41.8 Å². The SMILES string of the molecule is CCOC(=O)CN(C(=O)OC(C)(C)C)C1CCc2cc(/C(C)=N/OCc3ccc(OCC4CC4)c(C(F)(F)F)c3)ccc21.